The Hall–Kier alpha value is -1.75. The van der Waals surface area contributed by atoms with Crippen molar-refractivity contribution < 1.29 is 14.3 Å². The minimum atomic E-state index is -0.966. The molecule has 0 bridgehead atoms. The zero-order chi connectivity index (χ0) is 14.2. The lowest BCUT2D eigenvalue weighted by Crippen LogP contribution is -2.00. The van der Waals surface area contributed by atoms with Crippen molar-refractivity contribution in [3.63, 3.8) is 0 Å². The molecule has 3 nitrogen and oxygen atoms in total. The number of aromatic nitrogens is 1. The Kier molecular flexibility index (Phi) is 3.66. The molecular formula is C14H14FNO2S. The fraction of sp³-hybridized carbons (Fsp3) is 0.286. The largest absolute Gasteiger partial charge is 0.477 e. The Bertz CT molecular complexity index is 634. The summed E-state index contributed by atoms with van der Waals surface area (Å²) in [5, 5.41) is 9.82. The second-order valence-electron chi connectivity index (χ2n) is 4.65. The van der Waals surface area contributed by atoms with Gasteiger partial charge in [-0.3, -0.25) is 0 Å². The van der Waals surface area contributed by atoms with Gasteiger partial charge in [0.15, 0.2) is 0 Å². The third kappa shape index (κ3) is 2.66. The zero-order valence-electron chi connectivity index (χ0n) is 10.9. The third-order valence-electron chi connectivity index (χ3n) is 2.81. The summed E-state index contributed by atoms with van der Waals surface area (Å²) in [7, 11) is 0. The molecule has 0 spiro atoms. The highest BCUT2D eigenvalue weighted by Crippen LogP contribution is 2.33. The molecule has 0 saturated heterocycles. The Labute approximate surface area is 114 Å². The average Bonchev–Trinajstić information content (AvgIpc) is 2.73. The van der Waals surface area contributed by atoms with Crippen LogP contribution in [0.2, 0.25) is 0 Å². The van der Waals surface area contributed by atoms with Crippen LogP contribution in [-0.2, 0) is 0 Å². The highest BCUT2D eigenvalue weighted by Gasteiger charge is 2.20. The van der Waals surface area contributed by atoms with E-state index in [4.69, 9.17) is 0 Å². The summed E-state index contributed by atoms with van der Waals surface area (Å²) in [4.78, 5) is 15.9. The van der Waals surface area contributed by atoms with Crippen molar-refractivity contribution in [2.45, 2.75) is 26.7 Å². The van der Waals surface area contributed by atoms with Crippen LogP contribution in [0, 0.1) is 12.7 Å². The van der Waals surface area contributed by atoms with Gasteiger partial charge in [0.1, 0.15) is 15.7 Å². The Morgan fingerprint density at radius 2 is 2.11 bits per heavy atom. The number of rotatable bonds is 3. The van der Waals surface area contributed by atoms with Gasteiger partial charge >= 0.3 is 5.97 Å². The number of carboxylic acid groups (broad SMARTS) is 1. The first kappa shape index (κ1) is 13.7. The van der Waals surface area contributed by atoms with Crippen LogP contribution in [0.4, 0.5) is 4.39 Å². The maximum absolute atomic E-state index is 13.1. The van der Waals surface area contributed by atoms with E-state index in [9.17, 15) is 14.3 Å². The summed E-state index contributed by atoms with van der Waals surface area (Å²) < 4.78 is 13.1. The normalized spacial score (nSPS) is 11.0. The van der Waals surface area contributed by atoms with E-state index < -0.39 is 5.97 Å². The number of halogens is 1. The lowest BCUT2D eigenvalue weighted by atomic mass is 10.1. The van der Waals surface area contributed by atoms with Crippen LogP contribution in [0.15, 0.2) is 18.2 Å². The highest BCUT2D eigenvalue weighted by atomic mass is 32.1. The van der Waals surface area contributed by atoms with Crippen LogP contribution in [0.3, 0.4) is 0 Å². The van der Waals surface area contributed by atoms with E-state index in [0.29, 0.717) is 10.7 Å². The Balaban J connectivity index is 2.57. The molecule has 2 aromatic rings. The van der Waals surface area contributed by atoms with Crippen LogP contribution >= 0.6 is 11.3 Å². The van der Waals surface area contributed by atoms with Crippen molar-refractivity contribution >= 4 is 17.3 Å². The van der Waals surface area contributed by atoms with E-state index in [2.05, 4.69) is 4.98 Å². The summed E-state index contributed by atoms with van der Waals surface area (Å²) in [6, 6.07) is 4.42. The van der Waals surface area contributed by atoms with Crippen LogP contribution in [0.25, 0.3) is 10.6 Å². The molecule has 0 aliphatic heterocycles. The molecule has 100 valence electrons. The number of benzene rings is 1. The molecule has 0 unspecified atom stereocenters. The zero-order valence-corrected chi connectivity index (χ0v) is 11.7. The van der Waals surface area contributed by atoms with Crippen LogP contribution < -0.4 is 0 Å². The Morgan fingerprint density at radius 1 is 1.42 bits per heavy atom. The SMILES string of the molecule is Cc1cc(F)ccc1-c1nc(C(C)C)c(C(=O)O)s1. The van der Waals surface area contributed by atoms with Crippen molar-refractivity contribution in [2.75, 3.05) is 0 Å². The number of nitrogens with zero attached hydrogens (tertiary/aromatic N) is 1. The van der Waals surface area contributed by atoms with Crippen LogP contribution in [0.1, 0.15) is 40.7 Å². The molecular weight excluding hydrogens is 265 g/mol. The summed E-state index contributed by atoms with van der Waals surface area (Å²) in [5.74, 6) is -1.23. The first-order valence-electron chi connectivity index (χ1n) is 5.90. The molecule has 0 atom stereocenters. The van der Waals surface area contributed by atoms with Gasteiger partial charge in [-0.05, 0) is 36.6 Å². The van der Waals surface area contributed by atoms with Crippen molar-refractivity contribution in [1.29, 1.82) is 0 Å². The second-order valence-corrected chi connectivity index (χ2v) is 5.65. The van der Waals surface area contributed by atoms with Gasteiger partial charge in [-0.1, -0.05) is 13.8 Å². The van der Waals surface area contributed by atoms with Gasteiger partial charge in [-0.25, -0.2) is 14.2 Å². The van der Waals surface area contributed by atoms with E-state index in [1.165, 1.54) is 12.1 Å². The fourth-order valence-electron chi connectivity index (χ4n) is 1.86. The summed E-state index contributed by atoms with van der Waals surface area (Å²) in [6.07, 6.45) is 0. The summed E-state index contributed by atoms with van der Waals surface area (Å²) in [5.41, 5.74) is 2.11. The first-order chi connectivity index (χ1) is 8.90. The minimum absolute atomic E-state index is 0.0388. The predicted molar refractivity (Wildman–Crippen MR) is 73.3 cm³/mol. The van der Waals surface area contributed by atoms with Gasteiger partial charge in [0.05, 0.1) is 5.69 Å². The molecule has 1 heterocycles. The van der Waals surface area contributed by atoms with Crippen LogP contribution in [0.5, 0.6) is 0 Å². The van der Waals surface area contributed by atoms with Gasteiger partial charge < -0.3 is 5.11 Å². The maximum Gasteiger partial charge on any atom is 0.347 e. The molecule has 2 rings (SSSR count). The molecule has 0 saturated carbocycles. The van der Waals surface area contributed by atoms with Gasteiger partial charge in [0, 0.05) is 5.56 Å². The molecule has 0 aliphatic carbocycles. The van der Waals surface area contributed by atoms with E-state index in [0.717, 1.165) is 22.5 Å². The number of hydrogen-bond acceptors (Lipinski definition) is 3. The smallest absolute Gasteiger partial charge is 0.347 e. The fourth-order valence-corrected chi connectivity index (χ4v) is 3.01. The summed E-state index contributed by atoms with van der Waals surface area (Å²) >= 11 is 1.14. The van der Waals surface area contributed by atoms with Gasteiger partial charge in [0.25, 0.3) is 0 Å². The molecule has 1 aromatic heterocycles. The van der Waals surface area contributed by atoms with Crippen molar-refractivity contribution in [1.82, 2.24) is 4.98 Å². The average molecular weight is 279 g/mol. The van der Waals surface area contributed by atoms with Crippen molar-refractivity contribution in [2.24, 2.45) is 0 Å². The van der Waals surface area contributed by atoms with E-state index in [1.807, 2.05) is 13.8 Å². The monoisotopic (exact) mass is 279 g/mol. The minimum Gasteiger partial charge on any atom is -0.477 e. The van der Waals surface area contributed by atoms with Gasteiger partial charge in [0.2, 0.25) is 0 Å². The molecule has 0 radical (unpaired) electrons. The molecule has 1 aromatic carbocycles. The number of thiazole rings is 1. The first-order valence-corrected chi connectivity index (χ1v) is 6.72. The highest BCUT2D eigenvalue weighted by molar-refractivity contribution is 7.17. The topological polar surface area (TPSA) is 50.2 Å². The molecule has 0 fully saturated rings. The van der Waals surface area contributed by atoms with E-state index >= 15 is 0 Å². The standard InChI is InChI=1S/C14H14FNO2S/c1-7(2)11-12(14(17)18)19-13(16-11)10-5-4-9(15)6-8(10)3/h4-7H,1-3H3,(H,17,18). The van der Waals surface area contributed by atoms with Gasteiger partial charge in [-0.15, -0.1) is 11.3 Å². The number of aryl methyl sites for hydroxylation is 1. The number of aromatic carboxylic acids is 1. The molecule has 0 aliphatic rings. The quantitative estimate of drug-likeness (QED) is 0.921. The van der Waals surface area contributed by atoms with Gasteiger partial charge in [-0.2, -0.15) is 0 Å². The van der Waals surface area contributed by atoms with E-state index in [1.54, 1.807) is 13.0 Å². The Morgan fingerprint density at radius 3 is 2.58 bits per heavy atom. The molecule has 1 N–H and O–H groups in total. The molecule has 19 heavy (non-hydrogen) atoms. The number of carboxylic acids is 1. The van der Waals surface area contributed by atoms with Crippen LogP contribution in [-0.4, -0.2) is 16.1 Å². The van der Waals surface area contributed by atoms with Crippen molar-refractivity contribution in [3.8, 4) is 10.6 Å². The second kappa shape index (κ2) is 5.09. The van der Waals surface area contributed by atoms with Crippen molar-refractivity contribution in [3.05, 3.63) is 40.2 Å². The number of hydrogen-bond donors (Lipinski definition) is 1. The number of carbonyl (C=O) groups is 1. The summed E-state index contributed by atoms with van der Waals surface area (Å²) in [6.45, 7) is 5.60. The lowest BCUT2D eigenvalue weighted by molar-refractivity contribution is 0.0700. The lowest BCUT2D eigenvalue weighted by Gasteiger charge is -2.02. The third-order valence-corrected chi connectivity index (χ3v) is 3.91. The predicted octanol–water partition coefficient (Wildman–Crippen LogP) is 4.08. The van der Waals surface area contributed by atoms with E-state index in [-0.39, 0.29) is 16.6 Å². The maximum atomic E-state index is 13.1. The molecule has 0 amide bonds. The molecule has 5 heteroatoms.